The van der Waals surface area contributed by atoms with Crippen molar-refractivity contribution in [2.75, 3.05) is 6.54 Å². The Morgan fingerprint density at radius 3 is 2.57 bits per heavy atom. The van der Waals surface area contributed by atoms with Crippen molar-refractivity contribution in [3.8, 4) is 0 Å². The van der Waals surface area contributed by atoms with Crippen LogP contribution < -0.4 is 5.32 Å². The van der Waals surface area contributed by atoms with Crippen LogP contribution in [0.1, 0.15) is 55.6 Å². The zero-order chi connectivity index (χ0) is 15.6. The van der Waals surface area contributed by atoms with Crippen LogP contribution in [0, 0.1) is 12.7 Å². The Hall–Kier alpha value is -1.26. The van der Waals surface area contributed by atoms with Crippen LogP contribution in [0.25, 0.3) is 0 Å². The molecule has 1 N–H and O–H groups in total. The molecule has 1 aromatic heterocycles. The van der Waals surface area contributed by atoms with Gasteiger partial charge in [0.15, 0.2) is 0 Å². The van der Waals surface area contributed by atoms with Gasteiger partial charge in [0.1, 0.15) is 10.8 Å². The van der Waals surface area contributed by atoms with Crippen LogP contribution in [0.2, 0.25) is 0 Å². The first-order valence-corrected chi connectivity index (χ1v) is 8.16. The Morgan fingerprint density at radius 2 is 2.05 bits per heavy atom. The summed E-state index contributed by atoms with van der Waals surface area (Å²) in [5, 5.41) is 6.61. The average Bonchev–Trinajstić information content (AvgIpc) is 2.89. The third-order valence-electron chi connectivity index (χ3n) is 3.46. The van der Waals surface area contributed by atoms with Crippen molar-refractivity contribution in [1.29, 1.82) is 0 Å². The maximum absolute atomic E-state index is 13.5. The highest BCUT2D eigenvalue weighted by Crippen LogP contribution is 2.30. The Labute approximate surface area is 130 Å². The first-order chi connectivity index (χ1) is 9.82. The summed E-state index contributed by atoms with van der Waals surface area (Å²) >= 11 is 1.66. The monoisotopic (exact) mass is 306 g/mol. The number of aromatic nitrogens is 1. The zero-order valence-electron chi connectivity index (χ0n) is 13.3. The SMILES string of the molecule is CCNC(c1ccc(F)c(C)c1)c1nc(C(C)(C)C)cs1. The Kier molecular flexibility index (Phi) is 4.79. The standard InChI is InChI=1S/C17H23FN2S/c1-6-19-15(12-7-8-13(18)11(2)9-12)16-20-14(10-21-16)17(3,4)5/h7-10,15,19H,6H2,1-5H3. The predicted octanol–water partition coefficient (Wildman–Crippen LogP) is 4.59. The van der Waals surface area contributed by atoms with E-state index in [1.807, 2.05) is 12.1 Å². The molecule has 1 unspecified atom stereocenters. The van der Waals surface area contributed by atoms with Crippen molar-refractivity contribution in [2.24, 2.45) is 0 Å². The number of nitrogens with one attached hydrogen (secondary N) is 1. The van der Waals surface area contributed by atoms with Gasteiger partial charge >= 0.3 is 0 Å². The second kappa shape index (κ2) is 6.24. The fourth-order valence-corrected chi connectivity index (χ4v) is 3.31. The van der Waals surface area contributed by atoms with E-state index in [1.54, 1.807) is 18.3 Å². The van der Waals surface area contributed by atoms with Gasteiger partial charge in [0.25, 0.3) is 0 Å². The van der Waals surface area contributed by atoms with Gasteiger partial charge in [-0.15, -0.1) is 11.3 Å². The van der Waals surface area contributed by atoms with E-state index in [9.17, 15) is 4.39 Å². The number of halogens is 1. The summed E-state index contributed by atoms with van der Waals surface area (Å²) in [6.45, 7) is 11.2. The number of nitrogens with zero attached hydrogens (tertiary/aromatic N) is 1. The van der Waals surface area contributed by atoms with Gasteiger partial charge in [0, 0.05) is 10.8 Å². The summed E-state index contributed by atoms with van der Waals surface area (Å²) in [4.78, 5) is 4.79. The third-order valence-corrected chi connectivity index (χ3v) is 4.37. The van der Waals surface area contributed by atoms with Crippen LogP contribution in [-0.2, 0) is 5.41 Å². The van der Waals surface area contributed by atoms with Crippen molar-refractivity contribution in [2.45, 2.75) is 46.1 Å². The van der Waals surface area contributed by atoms with E-state index in [2.05, 4.69) is 38.4 Å². The van der Waals surface area contributed by atoms with Gasteiger partial charge in [-0.2, -0.15) is 0 Å². The van der Waals surface area contributed by atoms with Gasteiger partial charge in [0.05, 0.1) is 11.7 Å². The van der Waals surface area contributed by atoms with Crippen LogP contribution >= 0.6 is 11.3 Å². The maximum Gasteiger partial charge on any atom is 0.126 e. The van der Waals surface area contributed by atoms with Gasteiger partial charge in [-0.05, 0) is 30.7 Å². The average molecular weight is 306 g/mol. The quantitative estimate of drug-likeness (QED) is 0.894. The molecule has 0 saturated heterocycles. The summed E-state index contributed by atoms with van der Waals surface area (Å²) in [6.07, 6.45) is 0. The molecule has 0 spiro atoms. The smallest absolute Gasteiger partial charge is 0.126 e. The first kappa shape index (κ1) is 16.1. The molecule has 1 atom stereocenters. The minimum atomic E-state index is -0.163. The molecule has 2 nitrogen and oxygen atoms in total. The molecular weight excluding hydrogens is 283 g/mol. The lowest BCUT2D eigenvalue weighted by Crippen LogP contribution is -2.22. The topological polar surface area (TPSA) is 24.9 Å². The largest absolute Gasteiger partial charge is 0.305 e. The summed E-state index contributed by atoms with van der Waals surface area (Å²) in [7, 11) is 0. The highest BCUT2D eigenvalue weighted by atomic mass is 32.1. The number of benzene rings is 1. The molecule has 0 saturated carbocycles. The van der Waals surface area contributed by atoms with Crippen LogP contribution in [0.3, 0.4) is 0 Å². The lowest BCUT2D eigenvalue weighted by Gasteiger charge is -2.18. The Balaban J connectivity index is 2.38. The first-order valence-electron chi connectivity index (χ1n) is 7.28. The Morgan fingerprint density at radius 1 is 1.33 bits per heavy atom. The van der Waals surface area contributed by atoms with Crippen molar-refractivity contribution in [1.82, 2.24) is 10.3 Å². The minimum Gasteiger partial charge on any atom is -0.305 e. The van der Waals surface area contributed by atoms with Gasteiger partial charge in [-0.3, -0.25) is 0 Å². The molecular formula is C17H23FN2S. The molecule has 0 bridgehead atoms. The molecule has 0 amide bonds. The fourth-order valence-electron chi connectivity index (χ4n) is 2.16. The highest BCUT2D eigenvalue weighted by molar-refractivity contribution is 7.09. The van der Waals surface area contributed by atoms with Crippen molar-refractivity contribution < 1.29 is 4.39 Å². The van der Waals surface area contributed by atoms with Crippen LogP contribution in [-0.4, -0.2) is 11.5 Å². The minimum absolute atomic E-state index is 0.0235. The predicted molar refractivity (Wildman–Crippen MR) is 87.5 cm³/mol. The second-order valence-corrected chi connectivity index (χ2v) is 7.21. The molecule has 0 radical (unpaired) electrons. The highest BCUT2D eigenvalue weighted by Gasteiger charge is 2.22. The molecule has 2 rings (SSSR count). The van der Waals surface area contributed by atoms with Crippen molar-refractivity contribution in [3.63, 3.8) is 0 Å². The molecule has 1 aromatic carbocycles. The van der Waals surface area contributed by atoms with Crippen molar-refractivity contribution >= 4 is 11.3 Å². The Bertz CT molecular complexity index is 613. The van der Waals surface area contributed by atoms with E-state index >= 15 is 0 Å². The maximum atomic E-state index is 13.5. The summed E-state index contributed by atoms with van der Waals surface area (Å²) in [5.74, 6) is -0.163. The zero-order valence-corrected chi connectivity index (χ0v) is 14.1. The summed E-state index contributed by atoms with van der Waals surface area (Å²) in [6, 6.07) is 5.30. The number of aryl methyl sites for hydroxylation is 1. The lowest BCUT2D eigenvalue weighted by molar-refractivity contribution is 0.561. The van der Waals surface area contributed by atoms with Gasteiger partial charge in [-0.25, -0.2) is 9.37 Å². The molecule has 21 heavy (non-hydrogen) atoms. The van der Waals surface area contributed by atoms with E-state index in [0.29, 0.717) is 5.56 Å². The van der Waals surface area contributed by atoms with Gasteiger partial charge in [0.2, 0.25) is 0 Å². The van der Waals surface area contributed by atoms with Crippen LogP contribution in [0.15, 0.2) is 23.6 Å². The molecule has 2 aromatic rings. The number of hydrogen-bond donors (Lipinski definition) is 1. The van der Waals surface area contributed by atoms with E-state index < -0.39 is 0 Å². The lowest BCUT2D eigenvalue weighted by atomic mass is 9.93. The van der Waals surface area contributed by atoms with Crippen LogP contribution in [0.4, 0.5) is 4.39 Å². The second-order valence-electron chi connectivity index (χ2n) is 6.32. The van der Waals surface area contributed by atoms with Crippen molar-refractivity contribution in [3.05, 3.63) is 51.2 Å². The normalized spacial score (nSPS) is 13.4. The molecule has 0 aliphatic heterocycles. The van der Waals surface area contributed by atoms with E-state index in [0.717, 1.165) is 22.8 Å². The van der Waals surface area contributed by atoms with E-state index in [1.165, 1.54) is 6.07 Å². The number of rotatable bonds is 4. The summed E-state index contributed by atoms with van der Waals surface area (Å²) in [5.41, 5.74) is 2.88. The van der Waals surface area contributed by atoms with Gasteiger partial charge < -0.3 is 5.32 Å². The molecule has 114 valence electrons. The van der Waals surface area contributed by atoms with E-state index in [4.69, 9.17) is 4.98 Å². The molecule has 0 fully saturated rings. The molecule has 1 heterocycles. The third kappa shape index (κ3) is 3.69. The molecule has 4 heteroatoms. The number of hydrogen-bond acceptors (Lipinski definition) is 3. The van der Waals surface area contributed by atoms with Gasteiger partial charge in [-0.1, -0.05) is 39.8 Å². The summed E-state index contributed by atoms with van der Waals surface area (Å²) < 4.78 is 13.5. The fraction of sp³-hybridized carbons (Fsp3) is 0.471. The van der Waals surface area contributed by atoms with E-state index in [-0.39, 0.29) is 17.3 Å². The molecule has 0 aliphatic rings. The molecule has 0 aliphatic carbocycles. The number of thiazole rings is 1. The van der Waals surface area contributed by atoms with Crippen LogP contribution in [0.5, 0.6) is 0 Å².